The highest BCUT2D eigenvalue weighted by Crippen LogP contribution is 2.25. The number of hydrogen-bond donors (Lipinski definition) is 2. The maximum absolute atomic E-state index is 10.0. The molecule has 0 rings (SSSR count). The number of unbranched alkanes of at least 4 members (excludes halogenated alkanes) is 1. The van der Waals surface area contributed by atoms with Crippen molar-refractivity contribution >= 4 is 0 Å². The Bertz CT molecular complexity index is 292. The van der Waals surface area contributed by atoms with Gasteiger partial charge in [-0.2, -0.15) is 0 Å². The van der Waals surface area contributed by atoms with E-state index >= 15 is 0 Å². The molecule has 152 valence electrons. The van der Waals surface area contributed by atoms with E-state index in [1.54, 1.807) is 0 Å². The van der Waals surface area contributed by atoms with Crippen LogP contribution in [0.2, 0.25) is 0 Å². The summed E-state index contributed by atoms with van der Waals surface area (Å²) >= 11 is 0. The van der Waals surface area contributed by atoms with Gasteiger partial charge in [-0.15, -0.1) is 0 Å². The molecule has 0 aromatic rings. The molecular formula is C23H48O2. The largest absolute Gasteiger partial charge is 0.396 e. The van der Waals surface area contributed by atoms with Crippen LogP contribution in [0.25, 0.3) is 0 Å². The van der Waals surface area contributed by atoms with E-state index in [0.29, 0.717) is 5.92 Å². The average molecular weight is 357 g/mol. The summed E-state index contributed by atoms with van der Waals surface area (Å²) in [5.41, 5.74) is 0. The van der Waals surface area contributed by atoms with Gasteiger partial charge in [0.1, 0.15) is 0 Å². The number of aliphatic hydroxyl groups is 2. The van der Waals surface area contributed by atoms with E-state index in [-0.39, 0.29) is 18.6 Å². The highest BCUT2D eigenvalue weighted by atomic mass is 16.3. The molecule has 2 heteroatoms. The van der Waals surface area contributed by atoms with Crippen LogP contribution in [0.3, 0.4) is 0 Å². The zero-order valence-corrected chi connectivity index (χ0v) is 18.1. The van der Waals surface area contributed by atoms with Crippen LogP contribution in [0, 0.1) is 29.6 Å². The highest BCUT2D eigenvalue weighted by molar-refractivity contribution is 4.69. The normalized spacial score (nSPS) is 19.2. The van der Waals surface area contributed by atoms with E-state index in [0.717, 1.165) is 24.2 Å². The Morgan fingerprint density at radius 3 is 1.44 bits per heavy atom. The molecule has 0 spiro atoms. The molecule has 2 nitrogen and oxygen atoms in total. The Balaban J connectivity index is 3.79. The molecular weight excluding hydrogens is 308 g/mol. The third-order valence-electron chi connectivity index (χ3n) is 6.10. The van der Waals surface area contributed by atoms with Gasteiger partial charge in [-0.25, -0.2) is 0 Å². The average Bonchev–Trinajstić information content (AvgIpc) is 2.60. The monoisotopic (exact) mass is 356 g/mol. The third-order valence-corrected chi connectivity index (χ3v) is 6.10. The van der Waals surface area contributed by atoms with Crippen molar-refractivity contribution in [2.75, 3.05) is 6.61 Å². The number of rotatable bonds is 16. The molecule has 0 bridgehead atoms. The van der Waals surface area contributed by atoms with Crippen LogP contribution in [-0.2, 0) is 0 Å². The Kier molecular flexibility index (Phi) is 15.0. The maximum atomic E-state index is 10.0. The standard InChI is InChI=1S/C23H48O2/c1-7-8-9-18(2)10-11-19(3)12-13-20(4)14-15-21(5)16-23(25)22(6)17-24/h18-25H,7-17H2,1-6H3. The smallest absolute Gasteiger partial charge is 0.0590 e. The lowest BCUT2D eigenvalue weighted by Gasteiger charge is -2.22. The van der Waals surface area contributed by atoms with E-state index in [4.69, 9.17) is 5.11 Å². The van der Waals surface area contributed by atoms with Gasteiger partial charge in [-0.3, -0.25) is 0 Å². The van der Waals surface area contributed by atoms with Gasteiger partial charge in [0, 0.05) is 12.5 Å². The highest BCUT2D eigenvalue weighted by Gasteiger charge is 2.17. The van der Waals surface area contributed by atoms with Crippen LogP contribution in [0.1, 0.15) is 106 Å². The van der Waals surface area contributed by atoms with Crippen molar-refractivity contribution in [1.29, 1.82) is 0 Å². The van der Waals surface area contributed by atoms with Gasteiger partial charge in [0.15, 0.2) is 0 Å². The fourth-order valence-corrected chi connectivity index (χ4v) is 3.58. The zero-order chi connectivity index (χ0) is 19.2. The summed E-state index contributed by atoms with van der Waals surface area (Å²) in [4.78, 5) is 0. The van der Waals surface area contributed by atoms with Crippen LogP contribution < -0.4 is 0 Å². The lowest BCUT2D eigenvalue weighted by atomic mass is 9.86. The van der Waals surface area contributed by atoms with Gasteiger partial charge in [0.05, 0.1) is 6.10 Å². The summed E-state index contributed by atoms with van der Waals surface area (Å²) < 4.78 is 0. The predicted octanol–water partition coefficient (Wildman–Crippen LogP) is 6.44. The van der Waals surface area contributed by atoms with E-state index in [1.807, 2.05) is 6.92 Å². The molecule has 0 heterocycles. The molecule has 0 saturated carbocycles. The summed E-state index contributed by atoms with van der Waals surface area (Å²) in [5, 5.41) is 19.1. The first-order valence-electron chi connectivity index (χ1n) is 11.1. The van der Waals surface area contributed by atoms with Crippen LogP contribution in [0.4, 0.5) is 0 Å². The van der Waals surface area contributed by atoms with Gasteiger partial charge in [-0.05, 0) is 30.1 Å². The minimum absolute atomic E-state index is 0.000408. The van der Waals surface area contributed by atoms with E-state index in [9.17, 15) is 5.11 Å². The molecule has 0 aliphatic carbocycles. The first kappa shape index (κ1) is 24.9. The second-order valence-corrected chi connectivity index (χ2v) is 9.26. The maximum Gasteiger partial charge on any atom is 0.0590 e. The Morgan fingerprint density at radius 1 is 0.640 bits per heavy atom. The fraction of sp³-hybridized carbons (Fsp3) is 1.00. The first-order valence-corrected chi connectivity index (χ1v) is 11.1. The van der Waals surface area contributed by atoms with Crippen molar-refractivity contribution in [3.8, 4) is 0 Å². The predicted molar refractivity (Wildman–Crippen MR) is 111 cm³/mol. The van der Waals surface area contributed by atoms with Gasteiger partial charge in [0.25, 0.3) is 0 Å². The second-order valence-electron chi connectivity index (χ2n) is 9.26. The molecule has 0 aliphatic rings. The second kappa shape index (κ2) is 15.0. The summed E-state index contributed by atoms with van der Waals surface area (Å²) in [7, 11) is 0. The number of aliphatic hydroxyl groups excluding tert-OH is 2. The van der Waals surface area contributed by atoms with Crippen molar-refractivity contribution < 1.29 is 10.2 Å². The Hall–Kier alpha value is -0.0800. The van der Waals surface area contributed by atoms with Gasteiger partial charge >= 0.3 is 0 Å². The molecule has 0 amide bonds. The summed E-state index contributed by atoms with van der Waals surface area (Å²) in [6, 6.07) is 0. The molecule has 0 aromatic heterocycles. The van der Waals surface area contributed by atoms with E-state index in [1.165, 1.54) is 57.8 Å². The summed E-state index contributed by atoms with van der Waals surface area (Å²) in [6.07, 6.45) is 12.5. The molecule has 25 heavy (non-hydrogen) atoms. The molecule has 0 aromatic carbocycles. The van der Waals surface area contributed by atoms with Crippen molar-refractivity contribution in [1.82, 2.24) is 0 Å². The Morgan fingerprint density at radius 2 is 1.04 bits per heavy atom. The molecule has 0 aliphatic heterocycles. The Labute approximate surface area is 158 Å². The lowest BCUT2D eigenvalue weighted by Crippen LogP contribution is -2.23. The molecule has 0 fully saturated rings. The third kappa shape index (κ3) is 13.7. The number of hydrogen-bond acceptors (Lipinski definition) is 2. The van der Waals surface area contributed by atoms with Crippen LogP contribution in [0.5, 0.6) is 0 Å². The molecule has 0 saturated heterocycles. The molecule has 2 N–H and O–H groups in total. The quantitative estimate of drug-likeness (QED) is 0.334. The van der Waals surface area contributed by atoms with Crippen LogP contribution in [-0.4, -0.2) is 22.9 Å². The van der Waals surface area contributed by atoms with Crippen LogP contribution in [0.15, 0.2) is 0 Å². The fourth-order valence-electron chi connectivity index (χ4n) is 3.58. The van der Waals surface area contributed by atoms with Crippen molar-refractivity contribution in [3.05, 3.63) is 0 Å². The minimum atomic E-state index is -0.356. The molecule has 0 radical (unpaired) electrons. The van der Waals surface area contributed by atoms with Gasteiger partial charge < -0.3 is 10.2 Å². The van der Waals surface area contributed by atoms with Gasteiger partial charge in [-0.1, -0.05) is 99.3 Å². The first-order chi connectivity index (χ1) is 11.8. The minimum Gasteiger partial charge on any atom is -0.396 e. The topological polar surface area (TPSA) is 40.5 Å². The zero-order valence-electron chi connectivity index (χ0n) is 18.1. The van der Waals surface area contributed by atoms with Crippen LogP contribution >= 0.6 is 0 Å². The summed E-state index contributed by atoms with van der Waals surface area (Å²) in [5.74, 6) is 3.09. The SMILES string of the molecule is CCCCC(C)CCC(C)CCC(C)CCC(C)CC(O)C(C)CO. The lowest BCUT2D eigenvalue weighted by molar-refractivity contribution is 0.0575. The molecule has 6 atom stereocenters. The van der Waals surface area contributed by atoms with Crippen molar-refractivity contribution in [2.45, 2.75) is 112 Å². The van der Waals surface area contributed by atoms with Crippen molar-refractivity contribution in [3.63, 3.8) is 0 Å². The summed E-state index contributed by atoms with van der Waals surface area (Å²) in [6.45, 7) is 13.7. The molecule has 6 unspecified atom stereocenters. The van der Waals surface area contributed by atoms with Crippen molar-refractivity contribution in [2.24, 2.45) is 29.6 Å². The van der Waals surface area contributed by atoms with Gasteiger partial charge in [0.2, 0.25) is 0 Å². The van der Waals surface area contributed by atoms with E-state index < -0.39 is 0 Å². The van der Waals surface area contributed by atoms with E-state index in [2.05, 4.69) is 34.6 Å².